The monoisotopic (exact) mass is 288 g/mol. The maximum Gasteiger partial charge on any atom is 0.129 e. The standard InChI is InChI=1S/C13H18BrFO/c1-10(5-7-14)6-8-16-12-4-3-11(2)13(15)9-12/h3-4,9-10H,5-8H2,1-2H3. The molecule has 16 heavy (non-hydrogen) atoms. The fourth-order valence-corrected chi connectivity index (χ4v) is 2.15. The summed E-state index contributed by atoms with van der Waals surface area (Å²) >= 11 is 3.41. The van der Waals surface area contributed by atoms with E-state index in [1.165, 1.54) is 6.07 Å². The zero-order chi connectivity index (χ0) is 12.0. The Morgan fingerprint density at radius 2 is 2.12 bits per heavy atom. The highest BCUT2D eigenvalue weighted by atomic mass is 79.9. The van der Waals surface area contributed by atoms with Crippen LogP contribution in [0.1, 0.15) is 25.3 Å². The van der Waals surface area contributed by atoms with Crippen LogP contribution in [0.3, 0.4) is 0 Å². The summed E-state index contributed by atoms with van der Waals surface area (Å²) in [5.74, 6) is 1.05. The first-order chi connectivity index (χ1) is 7.63. The quantitative estimate of drug-likeness (QED) is 0.708. The van der Waals surface area contributed by atoms with Gasteiger partial charge in [0.1, 0.15) is 11.6 Å². The van der Waals surface area contributed by atoms with Crippen molar-refractivity contribution in [1.29, 1.82) is 0 Å². The van der Waals surface area contributed by atoms with E-state index in [0.717, 1.165) is 18.2 Å². The van der Waals surface area contributed by atoms with Gasteiger partial charge in [-0.15, -0.1) is 0 Å². The third-order valence-electron chi connectivity index (χ3n) is 2.62. The van der Waals surface area contributed by atoms with Crippen molar-refractivity contribution >= 4 is 15.9 Å². The molecule has 0 spiro atoms. The van der Waals surface area contributed by atoms with Gasteiger partial charge in [-0.25, -0.2) is 4.39 Å². The molecule has 0 heterocycles. The Morgan fingerprint density at radius 3 is 2.75 bits per heavy atom. The molecule has 0 saturated heterocycles. The Balaban J connectivity index is 2.34. The summed E-state index contributed by atoms with van der Waals surface area (Å²) < 4.78 is 18.7. The van der Waals surface area contributed by atoms with Crippen LogP contribution in [0.15, 0.2) is 18.2 Å². The Bertz CT molecular complexity index is 328. The van der Waals surface area contributed by atoms with Crippen molar-refractivity contribution in [2.75, 3.05) is 11.9 Å². The normalized spacial score (nSPS) is 12.5. The molecular formula is C13H18BrFO. The van der Waals surface area contributed by atoms with Gasteiger partial charge in [0.15, 0.2) is 0 Å². The van der Waals surface area contributed by atoms with E-state index in [2.05, 4.69) is 22.9 Å². The van der Waals surface area contributed by atoms with Crippen LogP contribution in [-0.4, -0.2) is 11.9 Å². The first-order valence-electron chi connectivity index (χ1n) is 5.58. The van der Waals surface area contributed by atoms with Crippen LogP contribution in [0.4, 0.5) is 4.39 Å². The highest BCUT2D eigenvalue weighted by molar-refractivity contribution is 9.09. The van der Waals surface area contributed by atoms with Crippen molar-refractivity contribution in [1.82, 2.24) is 0 Å². The average molecular weight is 289 g/mol. The van der Waals surface area contributed by atoms with E-state index in [4.69, 9.17) is 4.74 Å². The van der Waals surface area contributed by atoms with Crippen molar-refractivity contribution in [3.05, 3.63) is 29.6 Å². The second-order valence-corrected chi connectivity index (χ2v) is 4.92. The molecule has 1 aromatic carbocycles. The molecule has 0 bridgehead atoms. The Labute approximate surface area is 105 Å². The van der Waals surface area contributed by atoms with Crippen molar-refractivity contribution in [3.8, 4) is 5.75 Å². The summed E-state index contributed by atoms with van der Waals surface area (Å²) in [5.41, 5.74) is 0.653. The molecule has 3 heteroatoms. The van der Waals surface area contributed by atoms with E-state index in [0.29, 0.717) is 23.8 Å². The van der Waals surface area contributed by atoms with E-state index in [1.54, 1.807) is 13.0 Å². The SMILES string of the molecule is Cc1ccc(OCCC(C)CCBr)cc1F. The lowest BCUT2D eigenvalue weighted by molar-refractivity contribution is 0.281. The summed E-state index contributed by atoms with van der Waals surface area (Å²) in [5, 5.41) is 1.02. The first kappa shape index (κ1) is 13.5. The van der Waals surface area contributed by atoms with Crippen LogP contribution in [0, 0.1) is 18.7 Å². The molecule has 1 rings (SSSR count). The molecule has 0 N–H and O–H groups in total. The minimum atomic E-state index is -0.203. The molecule has 0 amide bonds. The molecule has 1 nitrogen and oxygen atoms in total. The maximum absolute atomic E-state index is 13.2. The molecule has 0 saturated carbocycles. The van der Waals surface area contributed by atoms with Gasteiger partial charge in [0.05, 0.1) is 6.61 Å². The van der Waals surface area contributed by atoms with E-state index >= 15 is 0 Å². The number of hydrogen-bond acceptors (Lipinski definition) is 1. The van der Waals surface area contributed by atoms with Crippen molar-refractivity contribution in [2.24, 2.45) is 5.92 Å². The minimum Gasteiger partial charge on any atom is -0.493 e. The first-order valence-corrected chi connectivity index (χ1v) is 6.70. The minimum absolute atomic E-state index is 0.203. The van der Waals surface area contributed by atoms with Gasteiger partial charge in [-0.1, -0.05) is 28.9 Å². The Hall–Kier alpha value is -0.570. The van der Waals surface area contributed by atoms with Gasteiger partial charge in [0, 0.05) is 11.4 Å². The van der Waals surface area contributed by atoms with Gasteiger partial charge < -0.3 is 4.74 Å². The van der Waals surface area contributed by atoms with Crippen LogP contribution in [0.25, 0.3) is 0 Å². The lowest BCUT2D eigenvalue weighted by atomic mass is 10.1. The molecule has 0 aliphatic carbocycles. The Morgan fingerprint density at radius 1 is 1.38 bits per heavy atom. The molecule has 0 radical (unpaired) electrons. The summed E-state index contributed by atoms with van der Waals surface area (Å²) in [4.78, 5) is 0. The lowest BCUT2D eigenvalue weighted by Gasteiger charge is -2.11. The predicted molar refractivity (Wildman–Crippen MR) is 68.8 cm³/mol. The summed E-state index contributed by atoms with van der Waals surface area (Å²) in [7, 11) is 0. The number of benzene rings is 1. The fraction of sp³-hybridized carbons (Fsp3) is 0.538. The summed E-state index contributed by atoms with van der Waals surface area (Å²) in [6, 6.07) is 5.00. The highest BCUT2D eigenvalue weighted by Crippen LogP contribution is 2.17. The average Bonchev–Trinajstić information content (AvgIpc) is 2.24. The van der Waals surface area contributed by atoms with Crippen molar-refractivity contribution < 1.29 is 9.13 Å². The number of rotatable bonds is 6. The number of hydrogen-bond donors (Lipinski definition) is 0. The molecule has 1 unspecified atom stereocenters. The molecule has 1 atom stereocenters. The summed E-state index contributed by atoms with van der Waals surface area (Å²) in [6.07, 6.45) is 2.15. The van der Waals surface area contributed by atoms with Gasteiger partial charge in [0.25, 0.3) is 0 Å². The number of alkyl halides is 1. The third-order valence-corrected chi connectivity index (χ3v) is 3.08. The second kappa shape index (κ2) is 6.89. The van der Waals surface area contributed by atoms with E-state index in [9.17, 15) is 4.39 Å². The van der Waals surface area contributed by atoms with Crippen molar-refractivity contribution in [3.63, 3.8) is 0 Å². The zero-order valence-electron chi connectivity index (χ0n) is 9.80. The largest absolute Gasteiger partial charge is 0.493 e. The summed E-state index contributed by atoms with van der Waals surface area (Å²) in [6.45, 7) is 4.59. The van der Waals surface area contributed by atoms with Crippen LogP contribution in [-0.2, 0) is 0 Å². The fourth-order valence-electron chi connectivity index (χ4n) is 1.37. The molecule has 0 aliphatic heterocycles. The van der Waals surface area contributed by atoms with E-state index in [1.807, 2.05) is 6.07 Å². The topological polar surface area (TPSA) is 9.23 Å². The molecular weight excluding hydrogens is 271 g/mol. The van der Waals surface area contributed by atoms with Crippen LogP contribution in [0.5, 0.6) is 5.75 Å². The number of ether oxygens (including phenoxy) is 1. The Kier molecular flexibility index (Phi) is 5.81. The molecule has 90 valence electrons. The third kappa shape index (κ3) is 4.52. The predicted octanol–water partition coefficient (Wildman–Crippen LogP) is 4.32. The van der Waals surface area contributed by atoms with E-state index < -0.39 is 0 Å². The number of halogens is 2. The molecule has 0 aliphatic rings. The van der Waals surface area contributed by atoms with Crippen LogP contribution in [0.2, 0.25) is 0 Å². The van der Waals surface area contributed by atoms with Gasteiger partial charge in [0.2, 0.25) is 0 Å². The second-order valence-electron chi connectivity index (χ2n) is 4.13. The number of aryl methyl sites for hydroxylation is 1. The molecule has 0 aromatic heterocycles. The highest BCUT2D eigenvalue weighted by Gasteiger charge is 2.03. The molecule has 0 fully saturated rings. The molecule has 1 aromatic rings. The van der Waals surface area contributed by atoms with Gasteiger partial charge in [-0.3, -0.25) is 0 Å². The van der Waals surface area contributed by atoms with Gasteiger partial charge in [-0.05, 0) is 37.3 Å². The van der Waals surface area contributed by atoms with Crippen molar-refractivity contribution in [2.45, 2.75) is 26.7 Å². The smallest absolute Gasteiger partial charge is 0.129 e. The van der Waals surface area contributed by atoms with E-state index in [-0.39, 0.29) is 5.82 Å². The van der Waals surface area contributed by atoms with Gasteiger partial charge in [-0.2, -0.15) is 0 Å². The zero-order valence-corrected chi connectivity index (χ0v) is 11.4. The lowest BCUT2D eigenvalue weighted by Crippen LogP contribution is -2.04. The van der Waals surface area contributed by atoms with Gasteiger partial charge >= 0.3 is 0 Å². The van der Waals surface area contributed by atoms with Crippen LogP contribution < -0.4 is 4.74 Å². The van der Waals surface area contributed by atoms with Crippen LogP contribution >= 0.6 is 15.9 Å². The maximum atomic E-state index is 13.2.